The molecule has 0 unspecified atom stereocenters. The van der Waals surface area contributed by atoms with Crippen molar-refractivity contribution in [2.45, 2.75) is 12.6 Å². The summed E-state index contributed by atoms with van der Waals surface area (Å²) < 4.78 is 40.6. The van der Waals surface area contributed by atoms with E-state index in [1.807, 2.05) is 0 Å². The molecule has 11 heteroatoms. The predicted octanol–water partition coefficient (Wildman–Crippen LogP) is 2.44. The summed E-state index contributed by atoms with van der Waals surface area (Å²) in [6.45, 7) is -1.07. The van der Waals surface area contributed by atoms with Crippen molar-refractivity contribution >= 4 is 42.3 Å². The number of carbonyl (C=O) groups excluding carboxylic acids is 1. The van der Waals surface area contributed by atoms with Crippen LogP contribution < -0.4 is 0 Å². The topological polar surface area (TPSA) is 74.9 Å². The number of carboxylic acids is 1. The summed E-state index contributed by atoms with van der Waals surface area (Å²) in [6, 6.07) is 5.30. The van der Waals surface area contributed by atoms with Gasteiger partial charge in [-0.3, -0.25) is 9.59 Å². The number of aromatic nitrogens is 2. The molecule has 0 bridgehead atoms. The number of amides is 1. The number of halogens is 5. The molecule has 1 aliphatic heterocycles. The maximum absolute atomic E-state index is 13.0. The molecule has 2 atom stereocenters. The highest BCUT2D eigenvalue weighted by Crippen LogP contribution is 2.37. The van der Waals surface area contributed by atoms with Crippen LogP contribution in [0.3, 0.4) is 0 Å². The molecule has 26 heavy (non-hydrogen) atoms. The summed E-state index contributed by atoms with van der Waals surface area (Å²) in [6.07, 6.45) is -1.45. The summed E-state index contributed by atoms with van der Waals surface area (Å²) in [5, 5.41) is 8.98. The number of fused-ring (bicyclic) bond motifs is 1. The van der Waals surface area contributed by atoms with Gasteiger partial charge in [-0.2, -0.15) is 13.2 Å². The van der Waals surface area contributed by atoms with E-state index in [0.717, 1.165) is 4.90 Å². The van der Waals surface area contributed by atoms with Crippen molar-refractivity contribution in [3.63, 3.8) is 0 Å². The highest BCUT2D eigenvalue weighted by molar-refractivity contribution is 5.85. The number of imidazole rings is 1. The number of nitrogens with zero attached hydrogens (tertiary/aromatic N) is 3. The molecule has 1 N–H and O–H groups in total. The molecule has 144 valence electrons. The van der Waals surface area contributed by atoms with Crippen LogP contribution in [-0.4, -0.2) is 50.5 Å². The van der Waals surface area contributed by atoms with Gasteiger partial charge in [0, 0.05) is 25.5 Å². The van der Waals surface area contributed by atoms with Crippen LogP contribution in [-0.2, 0) is 16.0 Å². The van der Waals surface area contributed by atoms with Gasteiger partial charge in [-0.1, -0.05) is 6.07 Å². The van der Waals surface area contributed by atoms with Crippen molar-refractivity contribution in [1.29, 1.82) is 0 Å². The Morgan fingerprint density at radius 1 is 1.23 bits per heavy atom. The summed E-state index contributed by atoms with van der Waals surface area (Å²) in [5.41, 5.74) is 1.05. The second-order valence-corrected chi connectivity index (χ2v) is 5.77. The van der Waals surface area contributed by atoms with Crippen LogP contribution >= 0.6 is 24.8 Å². The Morgan fingerprint density at radius 3 is 2.46 bits per heavy atom. The monoisotopic (exact) mass is 413 g/mol. The van der Waals surface area contributed by atoms with Gasteiger partial charge in [0.25, 0.3) is 0 Å². The first kappa shape index (κ1) is 22.0. The standard InChI is InChI=1S/C15H14F3N3O3.2ClH/c16-15(17,18)11-8-21(7-10(11)14(23)24)13(22)5-9-6-20-4-2-1-3-12(20)19-9;;/h1-4,6,10-11H,5,7-8H2,(H,23,24);2*1H/t10-,11-;;/m1../s1. The van der Waals surface area contributed by atoms with E-state index in [9.17, 15) is 22.8 Å². The minimum atomic E-state index is -4.65. The zero-order valence-electron chi connectivity index (χ0n) is 13.2. The Kier molecular flexibility index (Phi) is 6.89. The van der Waals surface area contributed by atoms with Crippen LogP contribution in [0.2, 0.25) is 0 Å². The molecule has 0 aliphatic carbocycles. The molecule has 1 aliphatic rings. The van der Waals surface area contributed by atoms with Crippen LogP contribution in [0.4, 0.5) is 13.2 Å². The van der Waals surface area contributed by atoms with Crippen molar-refractivity contribution in [2.75, 3.05) is 13.1 Å². The molecule has 1 fully saturated rings. The molecule has 3 rings (SSSR count). The third-order valence-electron chi connectivity index (χ3n) is 4.16. The Labute approximate surface area is 158 Å². The maximum atomic E-state index is 13.0. The number of pyridine rings is 1. The van der Waals surface area contributed by atoms with Crippen molar-refractivity contribution in [3.05, 3.63) is 36.3 Å². The molecular formula is C15H16Cl2F3N3O3. The summed E-state index contributed by atoms with van der Waals surface area (Å²) in [5.74, 6) is -5.77. The number of rotatable bonds is 3. The first-order chi connectivity index (χ1) is 11.3. The molecule has 1 saturated heterocycles. The number of alkyl halides is 3. The fraction of sp³-hybridized carbons (Fsp3) is 0.400. The van der Waals surface area contributed by atoms with Crippen LogP contribution in [0.1, 0.15) is 5.69 Å². The molecule has 2 aromatic rings. The van der Waals surface area contributed by atoms with Gasteiger partial charge in [-0.05, 0) is 12.1 Å². The molecule has 2 aromatic heterocycles. The first-order valence-electron chi connectivity index (χ1n) is 7.25. The number of aliphatic carboxylic acids is 1. The Morgan fingerprint density at radius 2 is 1.92 bits per heavy atom. The molecule has 0 aromatic carbocycles. The molecule has 6 nitrogen and oxygen atoms in total. The highest BCUT2D eigenvalue weighted by Gasteiger charge is 2.53. The SMILES string of the molecule is Cl.Cl.O=C(O)[C@@H]1CN(C(=O)Cc2cn3ccccc3n2)C[C@H]1C(F)(F)F. The average molecular weight is 414 g/mol. The van der Waals surface area contributed by atoms with E-state index in [1.54, 1.807) is 35.0 Å². The van der Waals surface area contributed by atoms with E-state index in [4.69, 9.17) is 5.11 Å². The van der Waals surface area contributed by atoms with Crippen LogP contribution in [0.25, 0.3) is 5.65 Å². The minimum absolute atomic E-state index is 0. The summed E-state index contributed by atoms with van der Waals surface area (Å²) >= 11 is 0. The van der Waals surface area contributed by atoms with Gasteiger partial charge in [-0.25, -0.2) is 4.98 Å². The number of hydrogen-bond acceptors (Lipinski definition) is 3. The second-order valence-electron chi connectivity index (χ2n) is 5.77. The number of hydrogen-bond donors (Lipinski definition) is 1. The van der Waals surface area contributed by atoms with Gasteiger partial charge in [0.05, 0.1) is 24.0 Å². The third-order valence-corrected chi connectivity index (χ3v) is 4.16. The molecule has 0 radical (unpaired) electrons. The fourth-order valence-electron chi connectivity index (χ4n) is 2.93. The van der Waals surface area contributed by atoms with Crippen molar-refractivity contribution in [1.82, 2.24) is 14.3 Å². The van der Waals surface area contributed by atoms with E-state index in [2.05, 4.69) is 4.98 Å². The van der Waals surface area contributed by atoms with Crippen LogP contribution in [0.15, 0.2) is 30.6 Å². The lowest BCUT2D eigenvalue weighted by Gasteiger charge is -2.18. The lowest BCUT2D eigenvalue weighted by atomic mass is 9.96. The average Bonchev–Trinajstić information content (AvgIpc) is 3.10. The van der Waals surface area contributed by atoms with Crippen LogP contribution in [0, 0.1) is 11.8 Å². The number of likely N-dealkylation sites (tertiary alicyclic amines) is 1. The summed E-state index contributed by atoms with van der Waals surface area (Å²) in [4.78, 5) is 28.5. The maximum Gasteiger partial charge on any atom is 0.394 e. The Hall–Kier alpha value is -2.00. The minimum Gasteiger partial charge on any atom is -0.481 e. The van der Waals surface area contributed by atoms with Gasteiger partial charge in [-0.15, -0.1) is 24.8 Å². The predicted molar refractivity (Wildman–Crippen MR) is 90.6 cm³/mol. The molecular weight excluding hydrogens is 398 g/mol. The van der Waals surface area contributed by atoms with Crippen LogP contribution in [0.5, 0.6) is 0 Å². The molecule has 0 spiro atoms. The molecule has 0 saturated carbocycles. The second kappa shape index (κ2) is 8.13. The smallest absolute Gasteiger partial charge is 0.394 e. The van der Waals surface area contributed by atoms with E-state index in [0.29, 0.717) is 11.3 Å². The lowest BCUT2D eigenvalue weighted by Crippen LogP contribution is -2.34. The van der Waals surface area contributed by atoms with Gasteiger partial charge in [0.1, 0.15) is 5.65 Å². The van der Waals surface area contributed by atoms with Gasteiger partial charge < -0.3 is 14.4 Å². The fourth-order valence-corrected chi connectivity index (χ4v) is 2.93. The van der Waals surface area contributed by atoms with E-state index < -0.39 is 43.0 Å². The first-order valence-corrected chi connectivity index (χ1v) is 7.25. The normalized spacial score (nSPS) is 19.7. The number of carbonyl (C=O) groups is 2. The number of carboxylic acid groups (broad SMARTS) is 1. The van der Waals surface area contributed by atoms with E-state index in [1.165, 1.54) is 0 Å². The zero-order valence-corrected chi connectivity index (χ0v) is 14.9. The van der Waals surface area contributed by atoms with Gasteiger partial charge >= 0.3 is 12.1 Å². The van der Waals surface area contributed by atoms with Crippen molar-refractivity contribution in [3.8, 4) is 0 Å². The summed E-state index contributed by atoms with van der Waals surface area (Å²) in [7, 11) is 0. The quantitative estimate of drug-likeness (QED) is 0.838. The van der Waals surface area contributed by atoms with Gasteiger partial charge in [0.2, 0.25) is 5.91 Å². The lowest BCUT2D eigenvalue weighted by molar-refractivity contribution is -0.188. The van der Waals surface area contributed by atoms with Crippen molar-refractivity contribution < 1.29 is 27.9 Å². The van der Waals surface area contributed by atoms with Crippen molar-refractivity contribution in [2.24, 2.45) is 11.8 Å². The highest BCUT2D eigenvalue weighted by atomic mass is 35.5. The zero-order chi connectivity index (χ0) is 17.5. The third kappa shape index (κ3) is 4.39. The Bertz CT molecular complexity index is 764. The molecule has 1 amide bonds. The van der Waals surface area contributed by atoms with Gasteiger partial charge in [0.15, 0.2) is 0 Å². The molecule has 3 heterocycles. The van der Waals surface area contributed by atoms with E-state index in [-0.39, 0.29) is 31.2 Å². The van der Waals surface area contributed by atoms with E-state index >= 15 is 0 Å². The largest absolute Gasteiger partial charge is 0.481 e. The Balaban J connectivity index is 0.00000169.